The molecule has 1 aromatic carbocycles. The van der Waals surface area contributed by atoms with E-state index in [9.17, 15) is 4.79 Å². The van der Waals surface area contributed by atoms with Crippen molar-refractivity contribution in [2.24, 2.45) is 11.8 Å². The first kappa shape index (κ1) is 15.6. The molecule has 0 radical (unpaired) electrons. The van der Waals surface area contributed by atoms with Crippen LogP contribution in [0.5, 0.6) is 0 Å². The molecule has 4 heterocycles. The SMILES string of the molecule is CC=C1CN[C@@H]2C[C@]3(C(=O)N(OC)c4ccccc43)[C@H]3C[C@H]1[C@H]2CO3. The van der Waals surface area contributed by atoms with Gasteiger partial charge in [-0.15, -0.1) is 0 Å². The normalized spacial score (nSPS) is 40.6. The van der Waals surface area contributed by atoms with Gasteiger partial charge in [-0.1, -0.05) is 29.8 Å². The maximum absolute atomic E-state index is 13.5. The molecule has 0 unspecified atom stereocenters. The molecule has 132 valence electrons. The number of hydrogen-bond donors (Lipinski definition) is 1. The molecule has 5 atom stereocenters. The summed E-state index contributed by atoms with van der Waals surface area (Å²) in [5, 5.41) is 5.16. The summed E-state index contributed by atoms with van der Waals surface area (Å²) in [6.45, 7) is 3.78. The fraction of sp³-hybridized carbons (Fsp3) is 0.550. The summed E-state index contributed by atoms with van der Waals surface area (Å²) in [5.74, 6) is 0.997. The number of nitrogens with one attached hydrogen (secondary N) is 1. The third-order valence-electron chi connectivity index (χ3n) is 6.85. The molecular weight excluding hydrogens is 316 g/mol. The fourth-order valence-corrected chi connectivity index (χ4v) is 5.66. The molecule has 1 aliphatic carbocycles. The number of para-hydroxylation sites is 1. The second-order valence-corrected chi connectivity index (χ2v) is 7.65. The lowest BCUT2D eigenvalue weighted by atomic mass is 9.72. The molecule has 1 aromatic rings. The summed E-state index contributed by atoms with van der Waals surface area (Å²) >= 11 is 0. The van der Waals surface area contributed by atoms with E-state index in [1.165, 1.54) is 10.6 Å². The summed E-state index contributed by atoms with van der Waals surface area (Å²) in [6.07, 6.45) is 3.85. The van der Waals surface area contributed by atoms with Crippen LogP contribution < -0.4 is 10.4 Å². The van der Waals surface area contributed by atoms with E-state index in [1.807, 2.05) is 18.2 Å². The zero-order chi connectivity index (χ0) is 17.2. The number of hydroxylamine groups is 1. The number of nitrogens with zero attached hydrogens (tertiary/aromatic N) is 1. The van der Waals surface area contributed by atoms with E-state index < -0.39 is 5.41 Å². The Kier molecular flexibility index (Phi) is 3.36. The third-order valence-corrected chi connectivity index (χ3v) is 6.85. The molecule has 5 heteroatoms. The Morgan fingerprint density at radius 3 is 3.04 bits per heavy atom. The van der Waals surface area contributed by atoms with Gasteiger partial charge in [0.05, 0.1) is 25.5 Å². The molecule has 1 saturated carbocycles. The van der Waals surface area contributed by atoms with Crippen LogP contribution in [0.25, 0.3) is 0 Å². The Hall–Kier alpha value is -1.69. The predicted octanol–water partition coefficient (Wildman–Crippen LogP) is 2.18. The van der Waals surface area contributed by atoms with E-state index in [4.69, 9.17) is 9.57 Å². The molecule has 4 aliphatic heterocycles. The van der Waals surface area contributed by atoms with E-state index in [2.05, 4.69) is 24.4 Å². The third kappa shape index (κ3) is 1.86. The monoisotopic (exact) mass is 340 g/mol. The van der Waals surface area contributed by atoms with Crippen LogP contribution in [-0.4, -0.2) is 38.3 Å². The zero-order valence-electron chi connectivity index (χ0n) is 14.7. The van der Waals surface area contributed by atoms with Crippen molar-refractivity contribution >= 4 is 11.6 Å². The summed E-state index contributed by atoms with van der Waals surface area (Å²) < 4.78 is 6.32. The summed E-state index contributed by atoms with van der Waals surface area (Å²) in [6, 6.07) is 8.33. The maximum atomic E-state index is 13.5. The van der Waals surface area contributed by atoms with Crippen molar-refractivity contribution in [1.82, 2.24) is 5.32 Å². The minimum atomic E-state index is -0.642. The number of benzene rings is 1. The van der Waals surface area contributed by atoms with Gasteiger partial charge in [-0.2, -0.15) is 5.06 Å². The molecule has 5 nitrogen and oxygen atoms in total. The summed E-state index contributed by atoms with van der Waals surface area (Å²) in [5.41, 5.74) is 2.75. The fourth-order valence-electron chi connectivity index (χ4n) is 5.66. The smallest absolute Gasteiger partial charge is 0.264 e. The minimum Gasteiger partial charge on any atom is -0.376 e. The molecule has 5 aliphatic rings. The van der Waals surface area contributed by atoms with Crippen LogP contribution in [0, 0.1) is 11.8 Å². The molecule has 4 fully saturated rings. The highest BCUT2D eigenvalue weighted by Gasteiger charge is 2.63. The van der Waals surface area contributed by atoms with Gasteiger partial charge < -0.3 is 10.1 Å². The van der Waals surface area contributed by atoms with Gasteiger partial charge in [0.1, 0.15) is 5.41 Å². The van der Waals surface area contributed by atoms with Crippen LogP contribution in [0.1, 0.15) is 25.3 Å². The number of carbonyl (C=O) groups is 1. The zero-order valence-corrected chi connectivity index (χ0v) is 14.7. The second-order valence-electron chi connectivity index (χ2n) is 7.65. The first-order valence-corrected chi connectivity index (χ1v) is 9.19. The Morgan fingerprint density at radius 2 is 2.24 bits per heavy atom. The van der Waals surface area contributed by atoms with Gasteiger partial charge >= 0.3 is 0 Å². The highest BCUT2D eigenvalue weighted by atomic mass is 16.7. The topological polar surface area (TPSA) is 50.8 Å². The number of amides is 1. The van der Waals surface area contributed by atoms with E-state index in [-0.39, 0.29) is 12.0 Å². The van der Waals surface area contributed by atoms with E-state index in [0.29, 0.717) is 17.9 Å². The van der Waals surface area contributed by atoms with Crippen molar-refractivity contribution in [2.45, 2.75) is 37.3 Å². The van der Waals surface area contributed by atoms with Crippen molar-refractivity contribution in [1.29, 1.82) is 0 Å². The lowest BCUT2D eigenvalue weighted by molar-refractivity contribution is -0.137. The Morgan fingerprint density at radius 1 is 1.40 bits per heavy atom. The number of fused-ring (bicyclic) bond motifs is 2. The molecule has 3 saturated heterocycles. The number of anilines is 1. The Balaban J connectivity index is 1.68. The Bertz CT molecular complexity index is 761. The van der Waals surface area contributed by atoms with Gasteiger partial charge in [0.25, 0.3) is 5.91 Å². The molecule has 1 N–H and O–H groups in total. The van der Waals surface area contributed by atoms with Crippen LogP contribution in [0.3, 0.4) is 0 Å². The van der Waals surface area contributed by atoms with Crippen molar-refractivity contribution in [3.05, 3.63) is 41.5 Å². The molecule has 25 heavy (non-hydrogen) atoms. The molecular formula is C20H24N2O3. The lowest BCUT2D eigenvalue weighted by Crippen LogP contribution is -2.50. The Labute approximate surface area is 147 Å². The minimum absolute atomic E-state index is 0.0261. The first-order chi connectivity index (χ1) is 12.2. The van der Waals surface area contributed by atoms with Crippen molar-refractivity contribution < 1.29 is 14.4 Å². The number of carbonyl (C=O) groups excluding carboxylic acids is 1. The molecule has 1 spiro atoms. The number of ether oxygens (including phenoxy) is 1. The number of rotatable bonds is 1. The molecule has 1 amide bonds. The largest absolute Gasteiger partial charge is 0.376 e. The second kappa shape index (κ2) is 5.40. The number of allylic oxidation sites excluding steroid dienone is 1. The highest BCUT2D eigenvalue weighted by molar-refractivity contribution is 6.07. The van der Waals surface area contributed by atoms with Crippen molar-refractivity contribution in [3.8, 4) is 0 Å². The molecule has 0 aromatic heterocycles. The van der Waals surface area contributed by atoms with Gasteiger partial charge in [0.15, 0.2) is 0 Å². The highest BCUT2D eigenvalue weighted by Crippen LogP contribution is 2.55. The maximum Gasteiger partial charge on any atom is 0.264 e. The van der Waals surface area contributed by atoms with E-state index in [0.717, 1.165) is 37.2 Å². The first-order valence-electron chi connectivity index (χ1n) is 9.19. The van der Waals surface area contributed by atoms with E-state index in [1.54, 1.807) is 7.11 Å². The standard InChI is InChI=1S/C20H24N2O3/c1-3-12-10-21-16-9-20(18-8-13(12)14(16)11-25-18)15-6-4-5-7-17(15)22(24-2)19(20)23/h3-7,13-14,16,18,21H,8-11H2,1-2H3/t13-,14-,16-,18-,20-/m1/s1. The van der Waals surface area contributed by atoms with Crippen molar-refractivity contribution in [3.63, 3.8) is 0 Å². The predicted molar refractivity (Wildman–Crippen MR) is 94.1 cm³/mol. The van der Waals surface area contributed by atoms with Gasteiger partial charge in [0.2, 0.25) is 0 Å². The quantitative estimate of drug-likeness (QED) is 0.796. The molecule has 6 rings (SSSR count). The van der Waals surface area contributed by atoms with Gasteiger partial charge in [-0.05, 0) is 37.3 Å². The van der Waals surface area contributed by atoms with Gasteiger partial charge in [-0.25, -0.2) is 0 Å². The van der Waals surface area contributed by atoms with Gasteiger partial charge in [-0.3, -0.25) is 9.63 Å². The van der Waals surface area contributed by atoms with Crippen LogP contribution >= 0.6 is 0 Å². The van der Waals surface area contributed by atoms with Gasteiger partial charge in [0, 0.05) is 18.5 Å². The summed E-state index contributed by atoms with van der Waals surface area (Å²) in [7, 11) is 1.57. The van der Waals surface area contributed by atoms with Crippen LogP contribution in [0.2, 0.25) is 0 Å². The number of hydrogen-bond acceptors (Lipinski definition) is 4. The average molecular weight is 340 g/mol. The summed E-state index contributed by atoms with van der Waals surface area (Å²) in [4.78, 5) is 19.0. The van der Waals surface area contributed by atoms with E-state index >= 15 is 0 Å². The lowest BCUT2D eigenvalue weighted by Gasteiger charge is -2.42. The van der Waals surface area contributed by atoms with Crippen molar-refractivity contribution in [2.75, 3.05) is 25.3 Å². The molecule has 4 bridgehead atoms. The average Bonchev–Trinajstić information content (AvgIpc) is 2.74. The number of piperidine rings is 1. The van der Waals surface area contributed by atoms with Crippen LogP contribution in [-0.2, 0) is 19.8 Å². The van der Waals surface area contributed by atoms with Crippen LogP contribution in [0.15, 0.2) is 35.9 Å². The van der Waals surface area contributed by atoms with Crippen LogP contribution in [0.4, 0.5) is 5.69 Å².